The zero-order valence-corrected chi connectivity index (χ0v) is 34.9. The number of benzene rings is 10. The summed E-state index contributed by atoms with van der Waals surface area (Å²) in [7, 11) is 0. The van der Waals surface area contributed by atoms with Crippen molar-refractivity contribution in [3.8, 4) is 28.2 Å². The van der Waals surface area contributed by atoms with Gasteiger partial charge in [0.05, 0.1) is 38.5 Å². The van der Waals surface area contributed by atoms with Crippen LogP contribution in [0.1, 0.15) is 22.3 Å². The molecule has 0 amide bonds. The Hall–Kier alpha value is -8.40. The zero-order chi connectivity index (χ0) is 41.9. The molecule has 0 aliphatic heterocycles. The molecule has 0 saturated carbocycles. The lowest BCUT2D eigenvalue weighted by Gasteiger charge is -2.33. The molecule has 3 nitrogen and oxygen atoms in total. The second-order valence-corrected chi connectivity index (χ2v) is 17.2. The molecule has 14 rings (SSSR count). The predicted molar refractivity (Wildman–Crippen MR) is 267 cm³/mol. The van der Waals surface area contributed by atoms with Crippen molar-refractivity contribution in [3.05, 3.63) is 259 Å². The average Bonchev–Trinajstić information content (AvgIpc) is 4.08. The van der Waals surface area contributed by atoms with Crippen molar-refractivity contribution in [2.45, 2.75) is 5.41 Å². The third kappa shape index (κ3) is 4.65. The maximum Gasteiger partial charge on any atom is 0.0713 e. The molecule has 1 aliphatic carbocycles. The van der Waals surface area contributed by atoms with Crippen LogP contribution in [0.5, 0.6) is 0 Å². The van der Waals surface area contributed by atoms with E-state index in [4.69, 9.17) is 0 Å². The molecule has 3 heterocycles. The van der Waals surface area contributed by atoms with Gasteiger partial charge in [0.15, 0.2) is 0 Å². The summed E-state index contributed by atoms with van der Waals surface area (Å²) in [6.07, 6.45) is 0. The van der Waals surface area contributed by atoms with Gasteiger partial charge < -0.3 is 13.7 Å². The quantitative estimate of drug-likeness (QED) is 0.164. The number of hydrogen-bond acceptors (Lipinski definition) is 0. The summed E-state index contributed by atoms with van der Waals surface area (Å²) >= 11 is 0. The minimum absolute atomic E-state index is 0.455. The third-order valence-corrected chi connectivity index (χ3v) is 14.1. The number of para-hydroxylation sites is 4. The van der Waals surface area contributed by atoms with Gasteiger partial charge in [-0.15, -0.1) is 0 Å². The SMILES string of the molecule is c1ccc(-n2c3ccccc3c3cc(-n4c5ccccc5c5c4ccc4c6ccccc6n(-c6ccc7c(c6)-c6ccccc6C7(c6ccccc6)c6ccccc6)c45)ccc32)cc1. The van der Waals surface area contributed by atoms with Gasteiger partial charge >= 0.3 is 0 Å². The Balaban J connectivity index is 1.05. The molecule has 64 heavy (non-hydrogen) atoms. The van der Waals surface area contributed by atoms with Crippen molar-refractivity contribution in [1.29, 1.82) is 0 Å². The Morgan fingerprint density at radius 2 is 0.750 bits per heavy atom. The van der Waals surface area contributed by atoms with E-state index in [1.807, 2.05) is 0 Å². The standard InChI is InChI=1S/C61H39N3/c1-4-18-40(19-5-1)61(41-20-6-2-7-21-41)52-28-14-10-24-45(52)50-38-44(32-35-53(50)61)64-55-30-16-11-25-46(55)48-34-37-58-59(60(48)64)49-27-13-17-31-56(49)63(58)43-33-36-57-51(39-43)47-26-12-15-29-54(47)62(57)42-22-8-3-9-23-42/h1-39H. The van der Waals surface area contributed by atoms with Gasteiger partial charge in [-0.05, 0) is 100 Å². The predicted octanol–water partition coefficient (Wildman–Crippen LogP) is 15.3. The topological polar surface area (TPSA) is 14.8 Å². The lowest BCUT2D eigenvalue weighted by atomic mass is 9.68. The smallest absolute Gasteiger partial charge is 0.0713 e. The molecule has 298 valence electrons. The first-order chi connectivity index (χ1) is 31.8. The van der Waals surface area contributed by atoms with Crippen molar-refractivity contribution in [2.75, 3.05) is 0 Å². The Labute approximate surface area is 369 Å². The van der Waals surface area contributed by atoms with Crippen LogP contribution in [0, 0.1) is 0 Å². The van der Waals surface area contributed by atoms with Crippen LogP contribution in [0.25, 0.3) is 93.6 Å². The van der Waals surface area contributed by atoms with Crippen LogP contribution in [-0.2, 0) is 5.41 Å². The fourth-order valence-electron chi connectivity index (χ4n) is 11.6. The van der Waals surface area contributed by atoms with Crippen molar-refractivity contribution < 1.29 is 0 Å². The molecule has 1 aliphatic rings. The molecule has 0 unspecified atom stereocenters. The molecule has 3 heteroatoms. The van der Waals surface area contributed by atoms with E-state index in [2.05, 4.69) is 250 Å². The highest BCUT2D eigenvalue weighted by atomic mass is 15.0. The Morgan fingerprint density at radius 3 is 1.47 bits per heavy atom. The van der Waals surface area contributed by atoms with E-state index in [-0.39, 0.29) is 0 Å². The van der Waals surface area contributed by atoms with Crippen LogP contribution in [0.2, 0.25) is 0 Å². The second-order valence-electron chi connectivity index (χ2n) is 17.2. The number of rotatable bonds is 5. The molecule has 0 radical (unpaired) electrons. The fraction of sp³-hybridized carbons (Fsp3) is 0.0164. The summed E-state index contributed by atoms with van der Waals surface area (Å²) in [5, 5.41) is 7.45. The molecule has 3 aromatic heterocycles. The van der Waals surface area contributed by atoms with E-state index in [1.54, 1.807) is 0 Å². The first-order valence-corrected chi connectivity index (χ1v) is 22.2. The molecule has 0 spiro atoms. The molecule has 0 atom stereocenters. The van der Waals surface area contributed by atoms with Crippen LogP contribution in [0.4, 0.5) is 0 Å². The van der Waals surface area contributed by atoms with Gasteiger partial charge in [-0.3, -0.25) is 0 Å². The maximum atomic E-state index is 2.54. The largest absolute Gasteiger partial charge is 0.309 e. The number of nitrogens with zero attached hydrogens (tertiary/aromatic N) is 3. The summed E-state index contributed by atoms with van der Waals surface area (Å²) in [4.78, 5) is 0. The van der Waals surface area contributed by atoms with Gasteiger partial charge in [-0.1, -0.05) is 170 Å². The summed E-state index contributed by atoms with van der Waals surface area (Å²) in [6, 6.07) is 87.5. The highest BCUT2D eigenvalue weighted by Gasteiger charge is 2.46. The van der Waals surface area contributed by atoms with Crippen molar-refractivity contribution >= 4 is 65.4 Å². The van der Waals surface area contributed by atoms with E-state index in [0.29, 0.717) is 0 Å². The summed E-state index contributed by atoms with van der Waals surface area (Å²) < 4.78 is 7.41. The van der Waals surface area contributed by atoms with E-state index in [0.717, 1.165) is 17.1 Å². The van der Waals surface area contributed by atoms with Gasteiger partial charge in [-0.25, -0.2) is 0 Å². The van der Waals surface area contributed by atoms with E-state index in [9.17, 15) is 0 Å². The Bertz CT molecular complexity index is 3960. The molecular formula is C61H39N3. The summed E-state index contributed by atoms with van der Waals surface area (Å²) in [6.45, 7) is 0. The number of fused-ring (bicyclic) bond motifs is 13. The second kappa shape index (κ2) is 13.3. The lowest BCUT2D eigenvalue weighted by Crippen LogP contribution is -2.28. The highest BCUT2D eigenvalue weighted by molar-refractivity contribution is 6.26. The minimum atomic E-state index is -0.455. The van der Waals surface area contributed by atoms with Crippen molar-refractivity contribution in [1.82, 2.24) is 13.7 Å². The first-order valence-electron chi connectivity index (χ1n) is 22.2. The van der Waals surface area contributed by atoms with Crippen molar-refractivity contribution in [2.24, 2.45) is 0 Å². The summed E-state index contributed by atoms with van der Waals surface area (Å²) in [5.74, 6) is 0. The van der Waals surface area contributed by atoms with Gasteiger partial charge in [0.2, 0.25) is 0 Å². The van der Waals surface area contributed by atoms with E-state index < -0.39 is 5.41 Å². The first kappa shape index (κ1) is 35.2. The maximum absolute atomic E-state index is 2.54. The average molecular weight is 814 g/mol. The van der Waals surface area contributed by atoms with Crippen LogP contribution < -0.4 is 0 Å². The molecular weight excluding hydrogens is 775 g/mol. The molecule has 10 aromatic carbocycles. The molecule has 0 N–H and O–H groups in total. The van der Waals surface area contributed by atoms with Crippen LogP contribution in [-0.4, -0.2) is 13.7 Å². The Kier molecular flexibility index (Phi) is 7.32. The molecule has 0 bridgehead atoms. The fourth-order valence-corrected chi connectivity index (χ4v) is 11.6. The normalized spacial score (nSPS) is 13.1. The van der Waals surface area contributed by atoms with Gasteiger partial charge in [-0.2, -0.15) is 0 Å². The van der Waals surface area contributed by atoms with Crippen LogP contribution in [0.3, 0.4) is 0 Å². The van der Waals surface area contributed by atoms with Gasteiger partial charge in [0, 0.05) is 49.4 Å². The zero-order valence-electron chi connectivity index (χ0n) is 34.9. The molecule has 0 fully saturated rings. The van der Waals surface area contributed by atoms with Gasteiger partial charge in [0.1, 0.15) is 0 Å². The highest BCUT2D eigenvalue weighted by Crippen LogP contribution is 2.56. The van der Waals surface area contributed by atoms with Crippen LogP contribution in [0.15, 0.2) is 237 Å². The van der Waals surface area contributed by atoms with Crippen molar-refractivity contribution in [3.63, 3.8) is 0 Å². The van der Waals surface area contributed by atoms with E-state index >= 15 is 0 Å². The van der Waals surface area contributed by atoms with Crippen LogP contribution >= 0.6 is 0 Å². The minimum Gasteiger partial charge on any atom is -0.309 e. The molecule has 13 aromatic rings. The molecule has 0 saturated heterocycles. The third-order valence-electron chi connectivity index (χ3n) is 14.1. The lowest BCUT2D eigenvalue weighted by molar-refractivity contribution is 0.768. The Morgan fingerprint density at radius 1 is 0.266 bits per heavy atom. The number of aromatic nitrogens is 3. The van der Waals surface area contributed by atoms with Gasteiger partial charge in [0.25, 0.3) is 0 Å². The summed E-state index contributed by atoms with van der Waals surface area (Å²) in [5.41, 5.74) is 17.9. The van der Waals surface area contributed by atoms with E-state index in [1.165, 1.54) is 98.8 Å². The number of hydrogen-bond donors (Lipinski definition) is 0. The monoisotopic (exact) mass is 813 g/mol.